The van der Waals surface area contributed by atoms with Crippen LogP contribution in [0.2, 0.25) is 39.3 Å². The molecule has 0 rings (SSSR count). The molecule has 0 aromatic carbocycles. The van der Waals surface area contributed by atoms with Gasteiger partial charge in [0, 0.05) is 13.0 Å². The van der Waals surface area contributed by atoms with Crippen LogP contribution in [0.3, 0.4) is 0 Å². The van der Waals surface area contributed by atoms with Crippen molar-refractivity contribution in [2.75, 3.05) is 13.2 Å². The molecule has 3 nitrogen and oxygen atoms in total. The molecule has 0 aliphatic rings. The summed E-state index contributed by atoms with van der Waals surface area (Å²) in [6.45, 7) is 16.8. The van der Waals surface area contributed by atoms with Crippen molar-refractivity contribution >= 4 is 29.2 Å². The minimum atomic E-state index is -3.28. The van der Waals surface area contributed by atoms with Crippen molar-refractivity contribution in [2.24, 2.45) is 0 Å². The highest BCUT2D eigenvalue weighted by Gasteiger charge is 2.60. The molecule has 0 spiro atoms. The Hall–Kier alpha value is -0.0894. The van der Waals surface area contributed by atoms with Gasteiger partial charge in [-0.25, -0.2) is 0 Å². The standard InChI is InChI=1S/C14H31FO3Si3/c1-8-12-17-13-10-14(9-11-16)18-21(15,19(2,3)4)20(5,6)7/h8,11,14H,1,9-10,12-13H2,2-7H3. The highest BCUT2D eigenvalue weighted by atomic mass is 29.7. The average molecular weight is 351 g/mol. The minimum absolute atomic E-state index is 0.241. The van der Waals surface area contributed by atoms with E-state index in [1.807, 2.05) is 39.3 Å². The number of aldehydes is 1. The first kappa shape index (κ1) is 20.9. The van der Waals surface area contributed by atoms with E-state index >= 15 is 4.11 Å². The molecule has 0 heterocycles. The number of carbonyl (C=O) groups excluding carboxylic acids is 1. The molecule has 0 amide bonds. The van der Waals surface area contributed by atoms with Gasteiger partial charge in [-0.05, 0) is 6.42 Å². The Morgan fingerprint density at radius 1 is 1.14 bits per heavy atom. The van der Waals surface area contributed by atoms with Crippen molar-refractivity contribution in [3.8, 4) is 0 Å². The fraction of sp³-hybridized carbons (Fsp3) is 0.786. The van der Waals surface area contributed by atoms with Crippen molar-refractivity contribution in [1.82, 2.24) is 0 Å². The van der Waals surface area contributed by atoms with Crippen molar-refractivity contribution in [3.05, 3.63) is 12.7 Å². The van der Waals surface area contributed by atoms with E-state index in [-0.39, 0.29) is 12.5 Å². The van der Waals surface area contributed by atoms with Crippen LogP contribution in [0.4, 0.5) is 4.11 Å². The average Bonchev–Trinajstić information content (AvgIpc) is 2.31. The maximum Gasteiger partial charge on any atom is 0.342 e. The number of carbonyl (C=O) groups is 1. The Labute approximate surface area is 131 Å². The van der Waals surface area contributed by atoms with Gasteiger partial charge in [0.2, 0.25) is 0 Å². The lowest BCUT2D eigenvalue weighted by molar-refractivity contribution is -0.109. The molecule has 7 heteroatoms. The lowest BCUT2D eigenvalue weighted by Gasteiger charge is -2.43. The van der Waals surface area contributed by atoms with Gasteiger partial charge < -0.3 is 14.0 Å². The van der Waals surface area contributed by atoms with E-state index < -0.39 is 22.9 Å². The predicted molar refractivity (Wildman–Crippen MR) is 94.7 cm³/mol. The van der Waals surface area contributed by atoms with Gasteiger partial charge in [0.1, 0.15) is 21.5 Å². The molecule has 21 heavy (non-hydrogen) atoms. The minimum Gasteiger partial charge on any atom is -0.392 e. The normalized spacial score (nSPS) is 14.8. The lowest BCUT2D eigenvalue weighted by atomic mass is 10.2. The third kappa shape index (κ3) is 6.27. The summed E-state index contributed by atoms with van der Waals surface area (Å²) in [5.74, 6) is 0. The number of ether oxygens (including phenoxy) is 1. The van der Waals surface area contributed by atoms with Crippen molar-refractivity contribution in [2.45, 2.75) is 58.2 Å². The number of hydrogen-bond donors (Lipinski definition) is 0. The second-order valence-electron chi connectivity index (χ2n) is 7.39. The third-order valence-corrected chi connectivity index (χ3v) is 33.7. The molecule has 0 fully saturated rings. The molecule has 0 aliphatic carbocycles. The van der Waals surface area contributed by atoms with Crippen LogP contribution in [0.1, 0.15) is 12.8 Å². The van der Waals surface area contributed by atoms with Gasteiger partial charge >= 0.3 is 7.69 Å². The van der Waals surface area contributed by atoms with Crippen LogP contribution in [0.25, 0.3) is 0 Å². The lowest BCUT2D eigenvalue weighted by Crippen LogP contribution is -2.71. The van der Waals surface area contributed by atoms with Crippen LogP contribution in [-0.4, -0.2) is 48.5 Å². The zero-order chi connectivity index (χ0) is 16.7. The summed E-state index contributed by atoms with van der Waals surface area (Å²) in [5, 5.41) is 0. The summed E-state index contributed by atoms with van der Waals surface area (Å²) >= 11 is 0. The highest BCUT2D eigenvalue weighted by molar-refractivity contribution is 7.64. The predicted octanol–water partition coefficient (Wildman–Crippen LogP) is 3.80. The monoisotopic (exact) mass is 350 g/mol. The van der Waals surface area contributed by atoms with Gasteiger partial charge in [0.25, 0.3) is 0 Å². The smallest absolute Gasteiger partial charge is 0.342 e. The summed E-state index contributed by atoms with van der Waals surface area (Å²) < 4.78 is 27.2. The molecule has 1 atom stereocenters. The summed E-state index contributed by atoms with van der Waals surface area (Å²) in [4.78, 5) is 10.9. The van der Waals surface area contributed by atoms with Gasteiger partial charge in [-0.3, -0.25) is 4.11 Å². The number of halogens is 1. The Morgan fingerprint density at radius 3 is 2.05 bits per heavy atom. The molecule has 0 aromatic rings. The van der Waals surface area contributed by atoms with Crippen LogP contribution in [0, 0.1) is 0 Å². The third-order valence-electron chi connectivity index (χ3n) is 3.44. The fourth-order valence-corrected chi connectivity index (χ4v) is 36.2. The molecule has 1 unspecified atom stereocenters. The largest absolute Gasteiger partial charge is 0.392 e. The summed E-state index contributed by atoms with van der Waals surface area (Å²) in [6.07, 6.45) is 2.93. The molecule has 0 aliphatic heterocycles. The second kappa shape index (κ2) is 8.52. The molecule has 124 valence electrons. The summed E-state index contributed by atoms with van der Waals surface area (Å²) in [5.41, 5.74) is 0. The maximum absolute atomic E-state index is 15.8. The molecular formula is C14H31FO3Si3. The van der Waals surface area contributed by atoms with E-state index in [1.54, 1.807) is 6.08 Å². The quantitative estimate of drug-likeness (QED) is 0.187. The first-order valence-electron chi connectivity index (χ1n) is 7.48. The molecule has 0 N–H and O–H groups in total. The van der Waals surface area contributed by atoms with Gasteiger partial charge in [-0.1, -0.05) is 45.4 Å². The van der Waals surface area contributed by atoms with Crippen LogP contribution in [0.5, 0.6) is 0 Å². The van der Waals surface area contributed by atoms with Gasteiger partial charge in [-0.15, -0.1) is 6.58 Å². The van der Waals surface area contributed by atoms with Gasteiger partial charge in [0.05, 0.1) is 12.7 Å². The molecule has 0 aromatic heterocycles. The van der Waals surface area contributed by atoms with Gasteiger partial charge in [-0.2, -0.15) is 0 Å². The van der Waals surface area contributed by atoms with E-state index in [1.165, 1.54) is 0 Å². The molecule has 0 saturated heterocycles. The zero-order valence-electron chi connectivity index (χ0n) is 14.4. The molecule has 0 bridgehead atoms. The Kier molecular flexibility index (Phi) is 8.48. The van der Waals surface area contributed by atoms with E-state index in [0.717, 1.165) is 6.29 Å². The maximum atomic E-state index is 15.8. The first-order chi connectivity index (χ1) is 9.49. The van der Waals surface area contributed by atoms with E-state index in [0.29, 0.717) is 19.6 Å². The van der Waals surface area contributed by atoms with Crippen molar-refractivity contribution in [1.29, 1.82) is 0 Å². The SMILES string of the molecule is C=CCOCCC(CC=O)O[Si](F)([Si](C)(C)C)[Si](C)(C)C. The second-order valence-corrected chi connectivity index (χ2v) is 32.2. The first-order valence-corrected chi connectivity index (χ1v) is 18.3. The van der Waals surface area contributed by atoms with Crippen LogP contribution in [0.15, 0.2) is 12.7 Å². The highest BCUT2D eigenvalue weighted by Crippen LogP contribution is 2.33. The Bertz CT molecular complexity index is 323. The number of rotatable bonds is 11. The summed E-state index contributed by atoms with van der Waals surface area (Å²) in [7, 11) is -7.39. The van der Waals surface area contributed by atoms with Crippen molar-refractivity contribution in [3.63, 3.8) is 0 Å². The zero-order valence-corrected chi connectivity index (χ0v) is 17.4. The van der Waals surface area contributed by atoms with Gasteiger partial charge in [0.15, 0.2) is 0 Å². The van der Waals surface area contributed by atoms with Crippen LogP contribution < -0.4 is 0 Å². The van der Waals surface area contributed by atoms with E-state index in [9.17, 15) is 4.79 Å². The number of hydrogen-bond acceptors (Lipinski definition) is 3. The fourth-order valence-electron chi connectivity index (χ4n) is 2.42. The summed E-state index contributed by atoms with van der Waals surface area (Å²) in [6, 6.07) is 0. The van der Waals surface area contributed by atoms with E-state index in [4.69, 9.17) is 9.16 Å². The van der Waals surface area contributed by atoms with E-state index in [2.05, 4.69) is 6.58 Å². The molecular weight excluding hydrogens is 319 g/mol. The molecule has 0 saturated carbocycles. The van der Waals surface area contributed by atoms with Crippen LogP contribution >= 0.6 is 0 Å². The van der Waals surface area contributed by atoms with Crippen LogP contribution in [-0.2, 0) is 14.0 Å². The van der Waals surface area contributed by atoms with Crippen molar-refractivity contribution < 1.29 is 18.1 Å². The topological polar surface area (TPSA) is 35.5 Å². The molecule has 0 radical (unpaired) electrons. The Balaban J connectivity index is 4.98. The Morgan fingerprint density at radius 2 is 1.67 bits per heavy atom.